The number of hydrogen-bond donors (Lipinski definition) is 0. The molecule has 0 fully saturated rings. The zero-order chi connectivity index (χ0) is 16.3. The molecule has 1 aliphatic carbocycles. The molecule has 2 atom stereocenters. The van der Waals surface area contributed by atoms with E-state index in [0.29, 0.717) is 5.37 Å². The van der Waals surface area contributed by atoms with Crippen molar-refractivity contribution < 1.29 is 0 Å². The Morgan fingerprint density at radius 3 is 2.88 bits per heavy atom. The fourth-order valence-corrected chi connectivity index (χ4v) is 6.54. The number of aliphatic imine (C=N–C) groups is 1. The molecule has 2 aliphatic heterocycles. The van der Waals surface area contributed by atoms with E-state index in [1.165, 1.54) is 46.7 Å². The van der Waals surface area contributed by atoms with E-state index in [-0.39, 0.29) is 0 Å². The molecule has 2 nitrogen and oxygen atoms in total. The van der Waals surface area contributed by atoms with Gasteiger partial charge in [0.05, 0.1) is 12.0 Å². The Morgan fingerprint density at radius 1 is 1.21 bits per heavy atom. The normalized spacial score (nSPS) is 24.4. The zero-order valence-electron chi connectivity index (χ0n) is 14.0. The van der Waals surface area contributed by atoms with E-state index in [0.717, 1.165) is 5.92 Å². The van der Waals surface area contributed by atoms with Crippen molar-refractivity contribution in [1.29, 1.82) is 0 Å². The van der Waals surface area contributed by atoms with Gasteiger partial charge in [0.25, 0.3) is 0 Å². The van der Waals surface area contributed by atoms with Gasteiger partial charge in [0.2, 0.25) is 0 Å². The van der Waals surface area contributed by atoms with Crippen molar-refractivity contribution in [2.45, 2.75) is 38.5 Å². The van der Waals surface area contributed by atoms with Gasteiger partial charge in [0.1, 0.15) is 10.4 Å². The number of aryl methyl sites for hydroxylation is 1. The van der Waals surface area contributed by atoms with Gasteiger partial charge in [-0.05, 0) is 48.6 Å². The van der Waals surface area contributed by atoms with E-state index in [1.54, 1.807) is 10.4 Å². The molecule has 0 amide bonds. The maximum absolute atomic E-state index is 4.82. The summed E-state index contributed by atoms with van der Waals surface area (Å²) in [5, 5.41) is 3.94. The molecule has 1 aromatic heterocycles. The van der Waals surface area contributed by atoms with Gasteiger partial charge >= 0.3 is 0 Å². The Bertz CT molecular complexity index is 861. The minimum absolute atomic E-state index is 0.377. The summed E-state index contributed by atoms with van der Waals surface area (Å²) < 4.78 is 0. The van der Waals surface area contributed by atoms with Crippen LogP contribution in [-0.4, -0.2) is 11.2 Å². The summed E-state index contributed by atoms with van der Waals surface area (Å²) in [7, 11) is 0. The molecule has 4 heteroatoms. The van der Waals surface area contributed by atoms with Crippen molar-refractivity contribution in [3.63, 3.8) is 0 Å². The average molecular weight is 353 g/mol. The first-order chi connectivity index (χ1) is 11.7. The lowest BCUT2D eigenvalue weighted by Gasteiger charge is -2.29. The van der Waals surface area contributed by atoms with Crippen LogP contribution in [0.1, 0.15) is 45.8 Å². The third kappa shape index (κ3) is 2.20. The number of benzene rings is 1. The van der Waals surface area contributed by atoms with Gasteiger partial charge in [-0.3, -0.25) is 0 Å². The second-order valence-corrected chi connectivity index (χ2v) is 9.12. The van der Waals surface area contributed by atoms with Crippen LogP contribution in [0.25, 0.3) is 5.70 Å². The highest BCUT2D eigenvalue weighted by molar-refractivity contribution is 8.02. The third-order valence-electron chi connectivity index (χ3n) is 5.27. The van der Waals surface area contributed by atoms with Gasteiger partial charge in [0, 0.05) is 10.4 Å². The first kappa shape index (κ1) is 14.8. The molecule has 3 aliphatic rings. The largest absolute Gasteiger partial charge is 0.314 e. The van der Waals surface area contributed by atoms with E-state index < -0.39 is 0 Å². The molecule has 5 rings (SSSR count). The summed E-state index contributed by atoms with van der Waals surface area (Å²) in [6, 6.07) is 8.82. The van der Waals surface area contributed by atoms with Crippen LogP contribution in [0.5, 0.6) is 0 Å². The van der Waals surface area contributed by atoms with Crippen molar-refractivity contribution in [2.24, 2.45) is 10.9 Å². The molecule has 0 N–H and O–H groups in total. The number of nitrogens with zero attached hydrogens (tertiary/aromatic N) is 2. The molecule has 2 aromatic rings. The Balaban J connectivity index is 1.53. The molecular weight excluding hydrogens is 332 g/mol. The molecule has 0 radical (unpaired) electrons. The average Bonchev–Trinajstić information content (AvgIpc) is 3.15. The molecule has 3 heterocycles. The molecule has 24 heavy (non-hydrogen) atoms. The Hall–Kier alpha value is -1.52. The fourth-order valence-electron chi connectivity index (χ4n) is 3.88. The van der Waals surface area contributed by atoms with E-state index in [9.17, 15) is 0 Å². The van der Waals surface area contributed by atoms with Gasteiger partial charge in [-0.15, -0.1) is 23.1 Å². The van der Waals surface area contributed by atoms with Crippen molar-refractivity contribution in [3.05, 3.63) is 56.8 Å². The third-order valence-corrected chi connectivity index (χ3v) is 7.52. The highest BCUT2D eigenvalue weighted by Gasteiger charge is 2.37. The molecule has 0 saturated heterocycles. The van der Waals surface area contributed by atoms with Crippen LogP contribution in [0, 0.1) is 12.8 Å². The maximum Gasteiger partial charge on any atom is 0.124 e. The molecule has 122 valence electrons. The minimum Gasteiger partial charge on any atom is -0.314 e. The molecule has 1 aromatic carbocycles. The van der Waals surface area contributed by atoms with Crippen LogP contribution in [0.15, 0.2) is 34.7 Å². The quantitative estimate of drug-likeness (QED) is 0.635. The van der Waals surface area contributed by atoms with Gasteiger partial charge in [0.15, 0.2) is 0 Å². The predicted octanol–water partition coefficient (Wildman–Crippen LogP) is 5.90. The second-order valence-electron chi connectivity index (χ2n) is 7.08. The first-order valence-corrected chi connectivity index (χ1v) is 10.4. The van der Waals surface area contributed by atoms with Gasteiger partial charge in [-0.2, -0.15) is 0 Å². The van der Waals surface area contributed by atoms with Crippen LogP contribution in [0.2, 0.25) is 0 Å². The Labute approximate surface area is 151 Å². The van der Waals surface area contributed by atoms with Crippen molar-refractivity contribution >= 4 is 40.1 Å². The standard InChI is InChI=1S/C20H20N2S2/c1-12-3-6-14(7-4-12)16-10-23-20-18-15-8-5-13(2)9-17(15)24-19(18)21-11-22(16)20/h3-4,6-7,10-11,13,20H,5,8-9H2,1-2H3/t13-,20+/m0/s1. The fraction of sp³-hybridized carbons (Fsp3) is 0.350. The highest BCUT2D eigenvalue weighted by atomic mass is 32.2. The van der Waals surface area contributed by atoms with Crippen molar-refractivity contribution in [1.82, 2.24) is 4.90 Å². The molecular formula is C20H20N2S2. The maximum atomic E-state index is 4.82. The second kappa shape index (κ2) is 5.50. The lowest BCUT2D eigenvalue weighted by molar-refractivity contribution is 0.500. The van der Waals surface area contributed by atoms with Gasteiger partial charge in [-0.1, -0.05) is 36.8 Å². The monoisotopic (exact) mass is 352 g/mol. The Kier molecular flexibility index (Phi) is 3.39. The number of fused-ring (bicyclic) bond motifs is 5. The first-order valence-electron chi connectivity index (χ1n) is 8.60. The number of thiophene rings is 1. The topological polar surface area (TPSA) is 15.6 Å². The zero-order valence-corrected chi connectivity index (χ0v) is 15.6. The highest BCUT2D eigenvalue weighted by Crippen LogP contribution is 2.55. The van der Waals surface area contributed by atoms with Crippen LogP contribution in [0.3, 0.4) is 0 Å². The van der Waals surface area contributed by atoms with Crippen LogP contribution >= 0.6 is 23.1 Å². The summed E-state index contributed by atoms with van der Waals surface area (Å²) in [4.78, 5) is 8.77. The number of rotatable bonds is 1. The molecule has 0 unspecified atom stereocenters. The van der Waals surface area contributed by atoms with E-state index in [2.05, 4.69) is 48.4 Å². The lowest BCUT2D eigenvalue weighted by atomic mass is 9.88. The molecule has 0 bridgehead atoms. The van der Waals surface area contributed by atoms with Crippen molar-refractivity contribution in [2.75, 3.05) is 0 Å². The van der Waals surface area contributed by atoms with E-state index in [1.807, 2.05) is 29.4 Å². The van der Waals surface area contributed by atoms with Gasteiger partial charge in [-0.25, -0.2) is 4.99 Å². The predicted molar refractivity (Wildman–Crippen MR) is 105 cm³/mol. The lowest BCUT2D eigenvalue weighted by Crippen LogP contribution is -2.23. The number of hydrogen-bond acceptors (Lipinski definition) is 4. The van der Waals surface area contributed by atoms with E-state index in [4.69, 9.17) is 4.99 Å². The molecule has 0 saturated carbocycles. The summed E-state index contributed by atoms with van der Waals surface area (Å²) >= 11 is 3.86. The van der Waals surface area contributed by atoms with E-state index >= 15 is 0 Å². The van der Waals surface area contributed by atoms with Gasteiger partial charge < -0.3 is 4.90 Å². The van der Waals surface area contributed by atoms with Crippen molar-refractivity contribution in [3.8, 4) is 0 Å². The molecule has 0 spiro atoms. The summed E-state index contributed by atoms with van der Waals surface area (Å²) in [6.07, 6.45) is 5.82. The SMILES string of the molecule is Cc1ccc(C2=CS[C@@H]3c4c(sc5c4CC[C@H](C)C5)N=CN23)cc1. The van der Waals surface area contributed by atoms with Crippen LogP contribution in [0.4, 0.5) is 5.00 Å². The smallest absolute Gasteiger partial charge is 0.124 e. The summed E-state index contributed by atoms with van der Waals surface area (Å²) in [5.41, 5.74) is 6.96. The van der Waals surface area contributed by atoms with Crippen LogP contribution in [-0.2, 0) is 12.8 Å². The Morgan fingerprint density at radius 2 is 2.04 bits per heavy atom. The number of thioether (sulfide) groups is 1. The van der Waals surface area contributed by atoms with Crippen LogP contribution < -0.4 is 0 Å². The minimum atomic E-state index is 0.377. The summed E-state index contributed by atoms with van der Waals surface area (Å²) in [5.74, 6) is 0.815. The summed E-state index contributed by atoms with van der Waals surface area (Å²) in [6.45, 7) is 4.51.